The van der Waals surface area contributed by atoms with Crippen molar-refractivity contribution in [2.24, 2.45) is 5.10 Å². The first kappa shape index (κ1) is 21.2. The lowest BCUT2D eigenvalue weighted by Gasteiger charge is -2.07. The lowest BCUT2D eigenvalue weighted by Crippen LogP contribution is -2.42. The molecule has 0 aliphatic rings. The molecule has 0 aliphatic carbocycles. The van der Waals surface area contributed by atoms with E-state index >= 15 is 0 Å². The Hall–Kier alpha value is -3.99. The van der Waals surface area contributed by atoms with Crippen LogP contribution in [0.2, 0.25) is 0 Å². The number of anilines is 1. The molecule has 4 rings (SSSR count). The van der Waals surface area contributed by atoms with Crippen molar-refractivity contribution < 1.29 is 18.7 Å². The van der Waals surface area contributed by atoms with Crippen LogP contribution in [0.3, 0.4) is 0 Å². The number of fused-ring (bicyclic) bond motifs is 1. The van der Waals surface area contributed by atoms with Crippen LogP contribution in [0.25, 0.3) is 22.6 Å². The summed E-state index contributed by atoms with van der Waals surface area (Å²) >= 11 is 3.42. The summed E-state index contributed by atoms with van der Waals surface area (Å²) in [5, 5.41) is 11.5. The molecule has 0 aliphatic heterocycles. The van der Waals surface area contributed by atoms with Crippen LogP contribution in [0.5, 0.6) is 5.75 Å². The van der Waals surface area contributed by atoms with Gasteiger partial charge in [-0.2, -0.15) is 5.10 Å². The number of carbonyl (C=O) groups excluding carboxylic acids is 1. The van der Waals surface area contributed by atoms with E-state index in [1.807, 2.05) is 36.4 Å². The minimum absolute atomic E-state index is 0.0404. The number of carbonyl (C=O) groups is 1. The van der Waals surface area contributed by atoms with Gasteiger partial charge in [0.25, 0.3) is 5.91 Å². The van der Waals surface area contributed by atoms with E-state index < -0.39 is 0 Å². The molecule has 11 heteroatoms. The highest BCUT2D eigenvalue weighted by molar-refractivity contribution is 9.10. The third-order valence-electron chi connectivity index (χ3n) is 4.48. The topological polar surface area (TPSA) is 135 Å². The van der Waals surface area contributed by atoms with Crippen LogP contribution in [0.4, 0.5) is 5.82 Å². The number of H-pyrrole nitrogens is 1. The van der Waals surface area contributed by atoms with Gasteiger partial charge in [-0.3, -0.25) is 4.79 Å². The summed E-state index contributed by atoms with van der Waals surface area (Å²) in [5.74, 6) is 0.880. The molecule has 4 aromatic rings. The zero-order valence-electron chi connectivity index (χ0n) is 16.8. The van der Waals surface area contributed by atoms with E-state index in [1.54, 1.807) is 16.7 Å². The highest BCUT2D eigenvalue weighted by Crippen LogP contribution is 2.22. The van der Waals surface area contributed by atoms with Gasteiger partial charge < -0.3 is 10.5 Å². The van der Waals surface area contributed by atoms with Crippen molar-refractivity contribution in [2.75, 3.05) is 12.3 Å². The van der Waals surface area contributed by atoms with Crippen molar-refractivity contribution in [1.82, 2.24) is 20.7 Å². The van der Waals surface area contributed by atoms with Crippen LogP contribution in [-0.2, 0) is 11.3 Å². The Kier molecular flexibility index (Phi) is 6.26. The molecule has 0 radical (unpaired) electrons. The number of hydrogen-bond donors (Lipinski definition) is 3. The van der Waals surface area contributed by atoms with Crippen LogP contribution in [0.1, 0.15) is 5.56 Å². The van der Waals surface area contributed by atoms with Gasteiger partial charge in [0.05, 0.1) is 6.21 Å². The number of nitrogen functional groups attached to an aromatic ring is 1. The van der Waals surface area contributed by atoms with E-state index in [1.165, 1.54) is 6.21 Å². The molecule has 0 saturated carbocycles. The van der Waals surface area contributed by atoms with E-state index in [-0.39, 0.29) is 18.3 Å². The number of aromatic nitrogens is 4. The van der Waals surface area contributed by atoms with E-state index in [4.69, 9.17) is 15.1 Å². The molecular weight excluding hydrogens is 478 g/mol. The number of nitrogens with two attached hydrogens (primary N) is 1. The molecule has 0 atom stereocenters. The number of halogens is 1. The smallest absolute Gasteiger partial charge is 0.314 e. The number of rotatable bonds is 8. The van der Waals surface area contributed by atoms with Crippen molar-refractivity contribution in [2.45, 2.75) is 6.54 Å². The van der Waals surface area contributed by atoms with Crippen LogP contribution in [-0.4, -0.2) is 34.0 Å². The summed E-state index contributed by atoms with van der Waals surface area (Å²) in [4.78, 5) is 15.9. The molecule has 2 heterocycles. The normalized spacial score (nSPS) is 11.2. The number of amides is 1. The van der Waals surface area contributed by atoms with Crippen molar-refractivity contribution in [3.8, 4) is 17.3 Å². The van der Waals surface area contributed by atoms with Gasteiger partial charge in [0, 0.05) is 10.0 Å². The average molecular weight is 497 g/mol. The van der Waals surface area contributed by atoms with E-state index in [0.717, 1.165) is 15.5 Å². The SMILES string of the molecule is C=CCOc1ccc(Br)cc1C=NNC(=O)C[n+]1c(-c2nonc2N)[nH]c2ccccc21. The molecule has 0 fully saturated rings. The van der Waals surface area contributed by atoms with Gasteiger partial charge in [0.1, 0.15) is 12.4 Å². The fourth-order valence-electron chi connectivity index (χ4n) is 3.09. The number of hydrogen-bond acceptors (Lipinski definition) is 7. The number of nitrogens with zero attached hydrogens (tertiary/aromatic N) is 4. The lowest BCUT2D eigenvalue weighted by atomic mass is 10.2. The largest absolute Gasteiger partial charge is 0.489 e. The minimum atomic E-state index is -0.351. The molecule has 2 aromatic heterocycles. The number of benzene rings is 2. The Morgan fingerprint density at radius 2 is 2.19 bits per heavy atom. The third kappa shape index (κ3) is 4.52. The second kappa shape index (κ2) is 9.43. The maximum absolute atomic E-state index is 12.7. The molecule has 0 spiro atoms. The summed E-state index contributed by atoms with van der Waals surface area (Å²) in [6.45, 7) is 3.96. The van der Waals surface area contributed by atoms with Crippen molar-refractivity contribution in [3.63, 3.8) is 0 Å². The van der Waals surface area contributed by atoms with Gasteiger partial charge in [0.2, 0.25) is 11.5 Å². The predicted octanol–water partition coefficient (Wildman–Crippen LogP) is 2.57. The number of para-hydroxylation sites is 2. The Bertz CT molecular complexity index is 1310. The number of nitrogens with one attached hydrogen (secondary N) is 2. The average Bonchev–Trinajstić information content (AvgIpc) is 3.36. The standard InChI is InChI=1S/C21H18BrN7O3/c1-2-9-31-17-8-7-14(22)10-13(17)11-24-26-18(30)12-29-16-6-4-3-5-15(16)25-21(29)19-20(23)28-32-27-19/h2-8,10-11H,1,9,12H2,(H3,23,26,28,30)/p+1. The maximum atomic E-state index is 12.7. The summed E-state index contributed by atoms with van der Waals surface area (Å²) in [5.41, 5.74) is 11.0. The lowest BCUT2D eigenvalue weighted by molar-refractivity contribution is -0.647. The summed E-state index contributed by atoms with van der Waals surface area (Å²) in [6.07, 6.45) is 3.17. The van der Waals surface area contributed by atoms with Gasteiger partial charge in [0.15, 0.2) is 17.6 Å². The maximum Gasteiger partial charge on any atom is 0.314 e. The highest BCUT2D eigenvalue weighted by Gasteiger charge is 2.27. The first-order valence-corrected chi connectivity index (χ1v) is 10.3. The molecule has 0 unspecified atom stereocenters. The second-order valence-corrected chi connectivity index (χ2v) is 7.57. The third-order valence-corrected chi connectivity index (χ3v) is 4.97. The summed E-state index contributed by atoms with van der Waals surface area (Å²) in [6, 6.07) is 13.0. The quantitative estimate of drug-likeness (QED) is 0.148. The first-order chi connectivity index (χ1) is 15.6. The Labute approximate surface area is 190 Å². The number of imidazole rings is 1. The predicted molar refractivity (Wildman–Crippen MR) is 122 cm³/mol. The van der Waals surface area contributed by atoms with Crippen LogP contribution < -0.4 is 20.5 Å². The molecule has 32 heavy (non-hydrogen) atoms. The van der Waals surface area contributed by atoms with Crippen LogP contribution in [0, 0.1) is 0 Å². The van der Waals surface area contributed by atoms with Gasteiger partial charge in [-0.1, -0.05) is 40.7 Å². The zero-order valence-corrected chi connectivity index (χ0v) is 18.4. The van der Waals surface area contributed by atoms with Crippen molar-refractivity contribution in [1.29, 1.82) is 0 Å². The van der Waals surface area contributed by atoms with Crippen molar-refractivity contribution >= 4 is 44.9 Å². The molecule has 4 N–H and O–H groups in total. The molecule has 2 aromatic carbocycles. The van der Waals surface area contributed by atoms with Crippen LogP contribution >= 0.6 is 15.9 Å². The Morgan fingerprint density at radius 3 is 2.97 bits per heavy atom. The summed E-state index contributed by atoms with van der Waals surface area (Å²) < 4.78 is 12.9. The Balaban J connectivity index is 1.55. The number of aromatic amines is 1. The van der Waals surface area contributed by atoms with Crippen molar-refractivity contribution in [3.05, 3.63) is 65.2 Å². The molecule has 1 amide bonds. The fraction of sp³-hybridized carbons (Fsp3) is 0.0952. The van der Waals surface area contributed by atoms with Gasteiger partial charge >= 0.3 is 5.82 Å². The number of hydrazone groups is 1. The second-order valence-electron chi connectivity index (χ2n) is 6.65. The molecular formula is C21H19BrN7O3+. The van der Waals surface area contributed by atoms with E-state index in [9.17, 15) is 4.79 Å². The van der Waals surface area contributed by atoms with Gasteiger partial charge in [-0.05, 0) is 40.6 Å². The summed E-state index contributed by atoms with van der Waals surface area (Å²) in [7, 11) is 0. The Morgan fingerprint density at radius 1 is 1.34 bits per heavy atom. The fourth-order valence-corrected chi connectivity index (χ4v) is 3.47. The zero-order chi connectivity index (χ0) is 22.5. The van der Waals surface area contributed by atoms with Gasteiger partial charge in [-0.25, -0.2) is 19.6 Å². The number of ether oxygens (including phenoxy) is 1. The van der Waals surface area contributed by atoms with E-state index in [2.05, 4.69) is 48.3 Å². The first-order valence-electron chi connectivity index (χ1n) is 9.51. The molecule has 10 nitrogen and oxygen atoms in total. The van der Waals surface area contributed by atoms with Crippen LogP contribution in [0.15, 0.2) is 69.3 Å². The van der Waals surface area contributed by atoms with E-state index in [0.29, 0.717) is 29.4 Å². The highest BCUT2D eigenvalue weighted by atomic mass is 79.9. The molecule has 0 bridgehead atoms. The molecule has 0 saturated heterocycles. The van der Waals surface area contributed by atoms with Gasteiger partial charge in [-0.15, -0.1) is 0 Å². The monoisotopic (exact) mass is 496 g/mol. The molecule has 162 valence electrons. The minimum Gasteiger partial charge on any atom is -0.489 e.